The van der Waals surface area contributed by atoms with Gasteiger partial charge in [-0.25, -0.2) is 4.79 Å². The van der Waals surface area contributed by atoms with Crippen molar-refractivity contribution in [1.82, 2.24) is 9.80 Å². The summed E-state index contributed by atoms with van der Waals surface area (Å²) in [4.78, 5) is 26.8. The van der Waals surface area contributed by atoms with Gasteiger partial charge >= 0.3 is 12.0 Å². The normalized spacial score (nSPS) is 21.2. The SMILES string of the molecule is CCN(Cc1ccco1)C(=O)N(C)C1COCC1C(=O)O. The molecule has 1 aromatic heterocycles. The van der Waals surface area contributed by atoms with Crippen LogP contribution in [0.3, 0.4) is 0 Å². The van der Waals surface area contributed by atoms with Gasteiger partial charge in [-0.2, -0.15) is 0 Å². The molecule has 1 aliphatic rings. The van der Waals surface area contributed by atoms with Gasteiger partial charge in [0.05, 0.1) is 32.1 Å². The van der Waals surface area contributed by atoms with Crippen LogP contribution in [0.25, 0.3) is 0 Å². The lowest BCUT2D eigenvalue weighted by Gasteiger charge is -2.31. The minimum Gasteiger partial charge on any atom is -0.481 e. The zero-order valence-corrected chi connectivity index (χ0v) is 12.2. The van der Waals surface area contributed by atoms with Crippen molar-refractivity contribution in [3.05, 3.63) is 24.2 Å². The molecule has 116 valence electrons. The van der Waals surface area contributed by atoms with E-state index in [4.69, 9.17) is 9.15 Å². The van der Waals surface area contributed by atoms with E-state index in [2.05, 4.69) is 0 Å². The van der Waals surface area contributed by atoms with Crippen molar-refractivity contribution in [3.8, 4) is 0 Å². The van der Waals surface area contributed by atoms with Gasteiger partial charge in [0.15, 0.2) is 0 Å². The average Bonchev–Trinajstić information content (AvgIpc) is 3.13. The molecule has 0 radical (unpaired) electrons. The number of carbonyl (C=O) groups excluding carboxylic acids is 1. The molecular formula is C14H20N2O5. The standard InChI is InChI=1S/C14H20N2O5/c1-3-16(7-10-5-4-6-21-10)14(19)15(2)12-9-20-8-11(12)13(17)18/h4-6,11-12H,3,7-9H2,1-2H3,(H,17,18). The molecule has 0 aromatic carbocycles. The van der Waals surface area contributed by atoms with E-state index in [1.807, 2.05) is 6.92 Å². The molecule has 1 aliphatic heterocycles. The number of ether oxygens (including phenoxy) is 1. The summed E-state index contributed by atoms with van der Waals surface area (Å²) in [6.07, 6.45) is 1.56. The zero-order chi connectivity index (χ0) is 15.4. The largest absolute Gasteiger partial charge is 0.481 e. The molecule has 1 fully saturated rings. The molecule has 0 aliphatic carbocycles. The Hall–Kier alpha value is -2.02. The number of rotatable bonds is 5. The van der Waals surface area contributed by atoms with Crippen LogP contribution in [0.15, 0.2) is 22.8 Å². The summed E-state index contributed by atoms with van der Waals surface area (Å²) in [5.41, 5.74) is 0. The van der Waals surface area contributed by atoms with Crippen molar-refractivity contribution in [3.63, 3.8) is 0 Å². The first-order chi connectivity index (χ1) is 10.0. The number of aliphatic carboxylic acids is 1. The average molecular weight is 296 g/mol. The van der Waals surface area contributed by atoms with E-state index in [0.29, 0.717) is 18.8 Å². The fraction of sp³-hybridized carbons (Fsp3) is 0.571. The third-order valence-electron chi connectivity index (χ3n) is 3.75. The molecule has 2 unspecified atom stereocenters. The Morgan fingerprint density at radius 3 is 2.76 bits per heavy atom. The molecule has 7 nitrogen and oxygen atoms in total. The van der Waals surface area contributed by atoms with Crippen molar-refractivity contribution in [1.29, 1.82) is 0 Å². The van der Waals surface area contributed by atoms with Gasteiger partial charge in [-0.15, -0.1) is 0 Å². The summed E-state index contributed by atoms with van der Waals surface area (Å²) in [6.45, 7) is 3.13. The van der Waals surface area contributed by atoms with Crippen LogP contribution in [0.4, 0.5) is 4.79 Å². The number of urea groups is 1. The van der Waals surface area contributed by atoms with Crippen LogP contribution in [0.2, 0.25) is 0 Å². The van der Waals surface area contributed by atoms with Crippen LogP contribution in [0, 0.1) is 5.92 Å². The molecule has 1 N–H and O–H groups in total. The van der Waals surface area contributed by atoms with E-state index in [1.165, 1.54) is 4.90 Å². The summed E-state index contributed by atoms with van der Waals surface area (Å²) in [5.74, 6) is -0.927. The minimum absolute atomic E-state index is 0.141. The smallest absolute Gasteiger partial charge is 0.320 e. The van der Waals surface area contributed by atoms with E-state index >= 15 is 0 Å². The maximum absolute atomic E-state index is 12.5. The van der Waals surface area contributed by atoms with Crippen molar-refractivity contribution < 1.29 is 23.8 Å². The summed E-state index contributed by atoms with van der Waals surface area (Å²) in [6, 6.07) is 2.90. The minimum atomic E-state index is -0.939. The Morgan fingerprint density at radius 1 is 1.43 bits per heavy atom. The molecule has 2 heterocycles. The highest BCUT2D eigenvalue weighted by atomic mass is 16.5. The number of carboxylic acids is 1. The van der Waals surface area contributed by atoms with Gasteiger partial charge in [0.25, 0.3) is 0 Å². The zero-order valence-electron chi connectivity index (χ0n) is 12.2. The number of furan rings is 1. The quantitative estimate of drug-likeness (QED) is 0.884. The fourth-order valence-corrected chi connectivity index (χ4v) is 2.43. The third-order valence-corrected chi connectivity index (χ3v) is 3.75. The van der Waals surface area contributed by atoms with Crippen LogP contribution in [0.5, 0.6) is 0 Å². The van der Waals surface area contributed by atoms with Gasteiger partial charge in [-0.05, 0) is 19.1 Å². The van der Waals surface area contributed by atoms with E-state index in [1.54, 1.807) is 30.3 Å². The van der Waals surface area contributed by atoms with Crippen LogP contribution >= 0.6 is 0 Å². The lowest BCUT2D eigenvalue weighted by Crippen LogP contribution is -2.49. The summed E-state index contributed by atoms with van der Waals surface area (Å²) in [7, 11) is 1.61. The second-order valence-corrected chi connectivity index (χ2v) is 5.04. The third kappa shape index (κ3) is 3.36. The topological polar surface area (TPSA) is 83.2 Å². The van der Waals surface area contributed by atoms with Gasteiger partial charge in [0.2, 0.25) is 0 Å². The molecular weight excluding hydrogens is 276 g/mol. The van der Waals surface area contributed by atoms with Crippen molar-refractivity contribution >= 4 is 12.0 Å². The number of hydrogen-bond acceptors (Lipinski definition) is 4. The Kier molecular flexibility index (Phi) is 4.85. The number of carboxylic acid groups (broad SMARTS) is 1. The molecule has 7 heteroatoms. The van der Waals surface area contributed by atoms with Crippen molar-refractivity contribution in [2.75, 3.05) is 26.8 Å². The number of amides is 2. The lowest BCUT2D eigenvalue weighted by molar-refractivity contribution is -0.142. The molecule has 21 heavy (non-hydrogen) atoms. The number of hydrogen-bond donors (Lipinski definition) is 1. The first-order valence-corrected chi connectivity index (χ1v) is 6.89. The first kappa shape index (κ1) is 15.4. The second-order valence-electron chi connectivity index (χ2n) is 5.04. The molecule has 1 aromatic rings. The highest BCUT2D eigenvalue weighted by Crippen LogP contribution is 2.20. The number of nitrogens with zero attached hydrogens (tertiary/aromatic N) is 2. The summed E-state index contributed by atoms with van der Waals surface area (Å²) < 4.78 is 10.5. The van der Waals surface area contributed by atoms with Crippen LogP contribution in [0.1, 0.15) is 12.7 Å². The van der Waals surface area contributed by atoms with E-state index in [0.717, 1.165) is 0 Å². The molecule has 2 amide bonds. The maximum Gasteiger partial charge on any atom is 0.320 e. The number of carbonyl (C=O) groups is 2. The van der Waals surface area contributed by atoms with Gasteiger partial charge in [0.1, 0.15) is 11.7 Å². The highest BCUT2D eigenvalue weighted by molar-refractivity contribution is 5.77. The molecule has 0 bridgehead atoms. The van der Waals surface area contributed by atoms with Gasteiger partial charge in [-0.1, -0.05) is 0 Å². The Labute approximate surface area is 123 Å². The molecule has 2 rings (SSSR count). The van der Waals surface area contributed by atoms with E-state index in [-0.39, 0.29) is 19.2 Å². The maximum atomic E-state index is 12.5. The fourth-order valence-electron chi connectivity index (χ4n) is 2.43. The summed E-state index contributed by atoms with van der Waals surface area (Å²) >= 11 is 0. The van der Waals surface area contributed by atoms with Crippen LogP contribution in [-0.2, 0) is 16.1 Å². The van der Waals surface area contributed by atoms with Crippen LogP contribution < -0.4 is 0 Å². The van der Waals surface area contributed by atoms with Crippen molar-refractivity contribution in [2.45, 2.75) is 19.5 Å². The van der Waals surface area contributed by atoms with Gasteiger partial charge in [0, 0.05) is 13.6 Å². The van der Waals surface area contributed by atoms with Gasteiger partial charge < -0.3 is 24.1 Å². The second kappa shape index (κ2) is 6.62. The lowest BCUT2D eigenvalue weighted by atomic mass is 10.0. The highest BCUT2D eigenvalue weighted by Gasteiger charge is 2.39. The van der Waals surface area contributed by atoms with Gasteiger partial charge in [-0.3, -0.25) is 4.79 Å². The molecule has 1 saturated heterocycles. The molecule has 0 saturated carbocycles. The Bertz CT molecular complexity index is 488. The van der Waals surface area contributed by atoms with Crippen LogP contribution in [-0.4, -0.2) is 59.8 Å². The molecule has 0 spiro atoms. The first-order valence-electron chi connectivity index (χ1n) is 6.89. The Morgan fingerprint density at radius 2 is 2.19 bits per heavy atom. The monoisotopic (exact) mass is 296 g/mol. The Balaban J connectivity index is 2.04. The van der Waals surface area contributed by atoms with E-state index in [9.17, 15) is 14.7 Å². The van der Waals surface area contributed by atoms with E-state index < -0.39 is 17.9 Å². The summed E-state index contributed by atoms with van der Waals surface area (Å²) in [5, 5.41) is 9.17. The van der Waals surface area contributed by atoms with Crippen molar-refractivity contribution in [2.24, 2.45) is 5.92 Å². The predicted molar refractivity (Wildman–Crippen MR) is 73.7 cm³/mol. The number of likely N-dealkylation sites (N-methyl/N-ethyl adjacent to an activating group) is 1. The predicted octanol–water partition coefficient (Wildman–Crippen LogP) is 1.25. The molecule has 2 atom stereocenters.